The molecule has 0 aliphatic heterocycles. The molecule has 0 aromatic carbocycles. The first kappa shape index (κ1) is 14.1. The van der Waals surface area contributed by atoms with E-state index in [-0.39, 0.29) is 0 Å². The van der Waals surface area contributed by atoms with Crippen molar-refractivity contribution in [1.29, 1.82) is 0 Å². The van der Waals surface area contributed by atoms with Gasteiger partial charge in [0, 0.05) is 18.0 Å². The van der Waals surface area contributed by atoms with Gasteiger partial charge in [0.15, 0.2) is 0 Å². The maximum Gasteiger partial charge on any atom is 0.148 e. The fraction of sp³-hybridized carbons (Fsp3) is 0.714. The Hall–Kier alpha value is -1.36. The summed E-state index contributed by atoms with van der Waals surface area (Å²) in [4.78, 5) is 9.00. The van der Waals surface area contributed by atoms with Crippen LogP contribution in [0.25, 0.3) is 0 Å². The second-order valence-corrected chi connectivity index (χ2v) is 5.29. The normalized spacial score (nSPS) is 17.0. The molecule has 1 aliphatic carbocycles. The fourth-order valence-corrected chi connectivity index (χ4v) is 2.62. The van der Waals surface area contributed by atoms with E-state index in [4.69, 9.17) is 5.84 Å². The molecule has 0 amide bonds. The van der Waals surface area contributed by atoms with Gasteiger partial charge in [-0.05, 0) is 19.8 Å². The summed E-state index contributed by atoms with van der Waals surface area (Å²) in [5.41, 5.74) is 3.67. The number of aryl methyl sites for hydroxylation is 1. The first-order valence-electron chi connectivity index (χ1n) is 7.35. The van der Waals surface area contributed by atoms with Crippen LogP contribution in [0.5, 0.6) is 0 Å². The Morgan fingerprint density at radius 2 is 1.74 bits per heavy atom. The summed E-state index contributed by atoms with van der Waals surface area (Å²) in [5.74, 6) is 8.02. The van der Waals surface area contributed by atoms with E-state index in [1.54, 1.807) is 0 Å². The van der Waals surface area contributed by atoms with Crippen molar-refractivity contribution in [1.82, 2.24) is 9.97 Å². The molecule has 0 saturated heterocycles. The van der Waals surface area contributed by atoms with Crippen LogP contribution in [0.3, 0.4) is 0 Å². The third kappa shape index (κ3) is 3.56. The molecule has 0 bridgehead atoms. The minimum absolute atomic E-state index is 0.534. The van der Waals surface area contributed by atoms with Gasteiger partial charge in [0.25, 0.3) is 0 Å². The Bertz CT molecular complexity index is 411. The molecule has 0 radical (unpaired) electrons. The van der Waals surface area contributed by atoms with Crippen LogP contribution in [0.2, 0.25) is 0 Å². The summed E-state index contributed by atoms with van der Waals surface area (Å²) in [6.45, 7) is 4.06. The van der Waals surface area contributed by atoms with E-state index in [1.807, 2.05) is 6.92 Å². The van der Waals surface area contributed by atoms with Gasteiger partial charge >= 0.3 is 0 Å². The predicted octanol–water partition coefficient (Wildman–Crippen LogP) is 2.77. The fourth-order valence-electron chi connectivity index (χ4n) is 2.62. The van der Waals surface area contributed by atoms with Crippen LogP contribution in [0.4, 0.5) is 11.6 Å². The summed E-state index contributed by atoms with van der Waals surface area (Å²) in [5, 5.41) is 3.59. The zero-order chi connectivity index (χ0) is 13.7. The van der Waals surface area contributed by atoms with E-state index in [0.29, 0.717) is 6.04 Å². The van der Waals surface area contributed by atoms with Gasteiger partial charge in [-0.3, -0.25) is 0 Å². The lowest BCUT2D eigenvalue weighted by Crippen LogP contribution is -2.22. The van der Waals surface area contributed by atoms with Gasteiger partial charge in [-0.2, -0.15) is 0 Å². The molecule has 1 saturated carbocycles. The van der Waals surface area contributed by atoms with Crippen molar-refractivity contribution in [2.45, 2.75) is 64.8 Å². The van der Waals surface area contributed by atoms with Crippen molar-refractivity contribution in [3.8, 4) is 0 Å². The first-order chi connectivity index (χ1) is 9.24. The van der Waals surface area contributed by atoms with Gasteiger partial charge in [0.05, 0.1) is 0 Å². The number of nitrogen functional groups attached to an aromatic ring is 1. The smallest absolute Gasteiger partial charge is 0.148 e. The minimum atomic E-state index is 0.534. The van der Waals surface area contributed by atoms with Gasteiger partial charge in [0.2, 0.25) is 0 Å². The Labute approximate surface area is 115 Å². The van der Waals surface area contributed by atoms with E-state index in [2.05, 4.69) is 27.6 Å². The predicted molar refractivity (Wildman–Crippen MR) is 79.1 cm³/mol. The molecule has 1 aromatic rings. The van der Waals surface area contributed by atoms with Crippen molar-refractivity contribution in [2.24, 2.45) is 5.84 Å². The molecular formula is C14H25N5. The average molecular weight is 263 g/mol. The minimum Gasteiger partial charge on any atom is -0.367 e. The number of nitrogens with two attached hydrogens (primary N) is 1. The van der Waals surface area contributed by atoms with Crippen LogP contribution < -0.4 is 16.6 Å². The van der Waals surface area contributed by atoms with Gasteiger partial charge < -0.3 is 10.7 Å². The van der Waals surface area contributed by atoms with Gasteiger partial charge in [-0.25, -0.2) is 15.8 Å². The second-order valence-electron chi connectivity index (χ2n) is 5.29. The maximum absolute atomic E-state index is 5.53. The van der Waals surface area contributed by atoms with Crippen LogP contribution >= 0.6 is 0 Å². The Balaban J connectivity index is 2.17. The van der Waals surface area contributed by atoms with Crippen molar-refractivity contribution < 1.29 is 0 Å². The summed E-state index contributed by atoms with van der Waals surface area (Å²) in [7, 11) is 0. The molecule has 0 spiro atoms. The SMILES string of the molecule is CCc1nc(NN)c(C)c(NC2CCCCCC2)n1. The Morgan fingerprint density at radius 3 is 2.32 bits per heavy atom. The van der Waals surface area contributed by atoms with E-state index in [1.165, 1.54) is 38.5 Å². The molecule has 0 atom stereocenters. The van der Waals surface area contributed by atoms with Crippen molar-refractivity contribution >= 4 is 11.6 Å². The molecular weight excluding hydrogens is 238 g/mol. The molecule has 19 heavy (non-hydrogen) atoms. The third-order valence-electron chi connectivity index (χ3n) is 3.84. The molecule has 1 aliphatic rings. The lowest BCUT2D eigenvalue weighted by molar-refractivity contribution is 0.616. The number of rotatable bonds is 4. The molecule has 1 heterocycles. The van der Waals surface area contributed by atoms with E-state index in [0.717, 1.165) is 29.4 Å². The number of nitrogens with one attached hydrogen (secondary N) is 2. The quantitative estimate of drug-likeness (QED) is 0.442. The summed E-state index contributed by atoms with van der Waals surface area (Å²) in [6, 6.07) is 0.534. The second kappa shape index (κ2) is 6.70. The van der Waals surface area contributed by atoms with Crippen LogP contribution in [0, 0.1) is 6.92 Å². The maximum atomic E-state index is 5.53. The topological polar surface area (TPSA) is 75.9 Å². The zero-order valence-corrected chi connectivity index (χ0v) is 12.0. The Kier molecular flexibility index (Phi) is 4.96. The van der Waals surface area contributed by atoms with Crippen LogP contribution in [0.15, 0.2) is 0 Å². The zero-order valence-electron chi connectivity index (χ0n) is 12.0. The van der Waals surface area contributed by atoms with E-state index in [9.17, 15) is 0 Å². The van der Waals surface area contributed by atoms with Crippen molar-refractivity contribution in [2.75, 3.05) is 10.7 Å². The molecule has 2 rings (SSSR count). The highest BCUT2D eigenvalue weighted by Crippen LogP contribution is 2.24. The van der Waals surface area contributed by atoms with Crippen molar-refractivity contribution in [3.63, 3.8) is 0 Å². The first-order valence-corrected chi connectivity index (χ1v) is 7.35. The monoisotopic (exact) mass is 263 g/mol. The number of aromatic nitrogens is 2. The highest BCUT2D eigenvalue weighted by Gasteiger charge is 2.16. The van der Waals surface area contributed by atoms with Crippen molar-refractivity contribution in [3.05, 3.63) is 11.4 Å². The van der Waals surface area contributed by atoms with Crippen LogP contribution in [-0.2, 0) is 6.42 Å². The van der Waals surface area contributed by atoms with Gasteiger partial charge in [-0.1, -0.05) is 32.6 Å². The molecule has 106 valence electrons. The van der Waals surface area contributed by atoms with Crippen LogP contribution in [-0.4, -0.2) is 16.0 Å². The number of nitrogens with zero attached hydrogens (tertiary/aromatic N) is 2. The average Bonchev–Trinajstić information content (AvgIpc) is 2.69. The molecule has 1 aromatic heterocycles. The van der Waals surface area contributed by atoms with Gasteiger partial charge in [-0.15, -0.1) is 0 Å². The number of hydrazine groups is 1. The molecule has 5 nitrogen and oxygen atoms in total. The van der Waals surface area contributed by atoms with Gasteiger partial charge in [0.1, 0.15) is 17.5 Å². The number of hydrogen-bond donors (Lipinski definition) is 3. The summed E-state index contributed by atoms with van der Waals surface area (Å²) < 4.78 is 0. The van der Waals surface area contributed by atoms with E-state index < -0.39 is 0 Å². The number of anilines is 2. The summed E-state index contributed by atoms with van der Waals surface area (Å²) >= 11 is 0. The highest BCUT2D eigenvalue weighted by atomic mass is 15.3. The Morgan fingerprint density at radius 1 is 1.11 bits per heavy atom. The lowest BCUT2D eigenvalue weighted by atomic mass is 10.1. The molecule has 5 heteroatoms. The lowest BCUT2D eigenvalue weighted by Gasteiger charge is -2.20. The van der Waals surface area contributed by atoms with E-state index >= 15 is 0 Å². The summed E-state index contributed by atoms with van der Waals surface area (Å²) in [6.07, 6.45) is 8.61. The number of hydrogen-bond acceptors (Lipinski definition) is 5. The molecule has 4 N–H and O–H groups in total. The van der Waals surface area contributed by atoms with Crippen LogP contribution in [0.1, 0.15) is 56.8 Å². The third-order valence-corrected chi connectivity index (χ3v) is 3.84. The molecule has 0 unspecified atom stereocenters. The highest BCUT2D eigenvalue weighted by molar-refractivity contribution is 5.57. The molecule has 1 fully saturated rings. The largest absolute Gasteiger partial charge is 0.367 e. The standard InChI is InChI=1S/C14H25N5/c1-3-12-17-13(10(2)14(18-12)19-15)16-11-8-6-4-5-7-9-11/h11H,3-9,15H2,1-2H3,(H2,16,17,18,19).